The summed E-state index contributed by atoms with van der Waals surface area (Å²) in [6.07, 6.45) is 2.01. The number of likely N-dealkylation sites (N-methyl/N-ethyl adjacent to an activating group) is 1. The topological polar surface area (TPSA) is 93.4 Å². The summed E-state index contributed by atoms with van der Waals surface area (Å²) in [6, 6.07) is 8.81. The Labute approximate surface area is 138 Å². The summed E-state index contributed by atoms with van der Waals surface area (Å²) in [5.41, 5.74) is 0.231. The van der Waals surface area contributed by atoms with Gasteiger partial charge in [-0.15, -0.1) is 0 Å². The highest BCUT2D eigenvalue weighted by molar-refractivity contribution is 7.89. The van der Waals surface area contributed by atoms with Gasteiger partial charge < -0.3 is 0 Å². The highest BCUT2D eigenvalue weighted by Gasteiger charge is 2.29. The second-order valence-electron chi connectivity index (χ2n) is 4.77. The molecule has 122 valence electrons. The molecule has 1 aromatic heterocycles. The van der Waals surface area contributed by atoms with Crippen molar-refractivity contribution >= 4 is 27.3 Å². The number of sulfonamides is 1. The van der Waals surface area contributed by atoms with Crippen molar-refractivity contribution in [2.24, 2.45) is 0 Å². The zero-order chi connectivity index (χ0) is 17.0. The maximum atomic E-state index is 12.6. The number of nitrogens with zero attached hydrogens (tertiary/aromatic N) is 3. The average Bonchev–Trinajstić information content (AvgIpc) is 2.53. The lowest BCUT2D eigenvalue weighted by Crippen LogP contribution is -2.29. The van der Waals surface area contributed by atoms with E-state index >= 15 is 0 Å². The van der Waals surface area contributed by atoms with Crippen LogP contribution in [-0.4, -0.2) is 36.2 Å². The van der Waals surface area contributed by atoms with Crippen LogP contribution in [0.1, 0.15) is 5.69 Å². The van der Waals surface area contributed by atoms with E-state index in [1.54, 1.807) is 24.4 Å². The molecule has 0 radical (unpaired) electrons. The fraction of sp³-hybridized carbons (Fsp3) is 0.214. The average molecular weight is 356 g/mol. The Balaban J connectivity index is 2.27. The number of pyridine rings is 1. The van der Waals surface area contributed by atoms with Crippen LogP contribution in [0.5, 0.6) is 0 Å². The van der Waals surface area contributed by atoms with Gasteiger partial charge in [0.25, 0.3) is 5.69 Å². The van der Waals surface area contributed by atoms with Crippen LogP contribution in [-0.2, 0) is 16.4 Å². The van der Waals surface area contributed by atoms with Crippen molar-refractivity contribution in [3.05, 3.63) is 63.4 Å². The van der Waals surface area contributed by atoms with Crippen molar-refractivity contribution in [1.29, 1.82) is 0 Å². The summed E-state index contributed by atoms with van der Waals surface area (Å²) in [5, 5.41) is 11.2. The van der Waals surface area contributed by atoms with Crippen LogP contribution in [0.3, 0.4) is 0 Å². The van der Waals surface area contributed by atoms with Gasteiger partial charge in [-0.05, 0) is 24.3 Å². The molecular weight excluding hydrogens is 342 g/mol. The predicted octanol–water partition coefficient (Wildman–Crippen LogP) is 2.51. The molecule has 0 amide bonds. The van der Waals surface area contributed by atoms with E-state index in [4.69, 9.17) is 11.6 Å². The normalized spacial score (nSPS) is 11.6. The van der Waals surface area contributed by atoms with Gasteiger partial charge in [-0.25, -0.2) is 12.7 Å². The highest BCUT2D eigenvalue weighted by atomic mass is 35.5. The number of rotatable bonds is 6. The van der Waals surface area contributed by atoms with Crippen LogP contribution in [0.25, 0.3) is 0 Å². The van der Waals surface area contributed by atoms with Crippen LogP contribution < -0.4 is 0 Å². The third-order valence-electron chi connectivity index (χ3n) is 3.22. The summed E-state index contributed by atoms with van der Waals surface area (Å²) in [6.45, 7) is 0.142. The number of benzene rings is 1. The van der Waals surface area contributed by atoms with Crippen LogP contribution in [0.2, 0.25) is 5.02 Å². The molecule has 2 aromatic rings. The Kier molecular flexibility index (Phi) is 5.30. The summed E-state index contributed by atoms with van der Waals surface area (Å²) < 4.78 is 26.2. The van der Waals surface area contributed by atoms with E-state index in [0.29, 0.717) is 6.42 Å². The fourth-order valence-corrected chi connectivity index (χ4v) is 3.54. The number of hydrogen-bond acceptors (Lipinski definition) is 5. The zero-order valence-corrected chi connectivity index (χ0v) is 13.8. The summed E-state index contributed by atoms with van der Waals surface area (Å²) >= 11 is 5.79. The van der Waals surface area contributed by atoms with Crippen LogP contribution in [0, 0.1) is 10.1 Å². The van der Waals surface area contributed by atoms with Gasteiger partial charge in [-0.2, -0.15) is 0 Å². The maximum Gasteiger partial charge on any atom is 0.289 e. The van der Waals surface area contributed by atoms with E-state index in [0.717, 1.165) is 22.1 Å². The van der Waals surface area contributed by atoms with Crippen LogP contribution >= 0.6 is 11.6 Å². The summed E-state index contributed by atoms with van der Waals surface area (Å²) in [7, 11) is -2.66. The molecule has 0 unspecified atom stereocenters. The van der Waals surface area contributed by atoms with Crippen molar-refractivity contribution in [2.45, 2.75) is 11.3 Å². The first-order valence-corrected chi connectivity index (χ1v) is 8.44. The molecule has 0 saturated heterocycles. The van der Waals surface area contributed by atoms with Crippen molar-refractivity contribution in [2.75, 3.05) is 13.6 Å². The standard InChI is InChI=1S/C14H14ClN3O4S/c1-17(9-7-12-4-2-3-8-16-12)23(21,22)14-10-11(15)5-6-13(14)18(19)20/h2-6,8,10H,7,9H2,1H3. The lowest BCUT2D eigenvalue weighted by molar-refractivity contribution is -0.387. The first-order valence-electron chi connectivity index (χ1n) is 6.62. The maximum absolute atomic E-state index is 12.6. The van der Waals surface area contributed by atoms with Gasteiger partial charge in [0.1, 0.15) is 0 Å². The first kappa shape index (κ1) is 17.3. The molecule has 0 spiro atoms. The van der Waals surface area contributed by atoms with E-state index in [2.05, 4.69) is 4.98 Å². The molecule has 9 heteroatoms. The molecule has 0 saturated carbocycles. The fourth-order valence-electron chi connectivity index (χ4n) is 1.95. The minimum Gasteiger partial charge on any atom is -0.261 e. The van der Waals surface area contributed by atoms with Crippen molar-refractivity contribution in [1.82, 2.24) is 9.29 Å². The van der Waals surface area contributed by atoms with Crippen molar-refractivity contribution in [3.8, 4) is 0 Å². The van der Waals surface area contributed by atoms with E-state index in [1.807, 2.05) is 0 Å². The van der Waals surface area contributed by atoms with Gasteiger partial charge in [0.2, 0.25) is 10.0 Å². The monoisotopic (exact) mass is 355 g/mol. The molecule has 1 aromatic carbocycles. The molecule has 1 heterocycles. The Morgan fingerprint density at radius 1 is 1.30 bits per heavy atom. The quantitative estimate of drug-likeness (QED) is 0.586. The predicted molar refractivity (Wildman–Crippen MR) is 85.9 cm³/mol. The van der Waals surface area contributed by atoms with Crippen molar-refractivity contribution < 1.29 is 13.3 Å². The minimum atomic E-state index is -4.03. The Hall–Kier alpha value is -2.03. The number of nitro groups is 1. The Morgan fingerprint density at radius 2 is 2.04 bits per heavy atom. The molecule has 23 heavy (non-hydrogen) atoms. The second-order valence-corrected chi connectivity index (χ2v) is 7.22. The van der Waals surface area contributed by atoms with Gasteiger partial charge in [0, 0.05) is 43.0 Å². The molecule has 0 bridgehead atoms. The number of hydrogen-bond donors (Lipinski definition) is 0. The largest absolute Gasteiger partial charge is 0.289 e. The number of aromatic nitrogens is 1. The molecule has 0 atom stereocenters. The van der Waals surface area contributed by atoms with Gasteiger partial charge in [0.15, 0.2) is 4.90 Å². The second kappa shape index (κ2) is 7.03. The Bertz CT molecular complexity index is 812. The van der Waals surface area contributed by atoms with Gasteiger partial charge >= 0.3 is 0 Å². The third kappa shape index (κ3) is 4.04. The molecule has 0 aliphatic heterocycles. The third-order valence-corrected chi connectivity index (χ3v) is 5.34. The molecule has 0 aliphatic carbocycles. The minimum absolute atomic E-state index is 0.118. The van der Waals surface area contributed by atoms with Gasteiger partial charge in [-0.1, -0.05) is 17.7 Å². The smallest absolute Gasteiger partial charge is 0.261 e. The first-order chi connectivity index (χ1) is 10.8. The molecule has 7 nitrogen and oxygen atoms in total. The van der Waals surface area contributed by atoms with E-state index in [-0.39, 0.29) is 11.6 Å². The molecule has 2 rings (SSSR count). The molecule has 0 N–H and O–H groups in total. The van der Waals surface area contributed by atoms with Gasteiger partial charge in [0.05, 0.1) is 4.92 Å². The van der Waals surface area contributed by atoms with Crippen LogP contribution in [0.4, 0.5) is 5.69 Å². The van der Waals surface area contributed by atoms with Crippen molar-refractivity contribution in [3.63, 3.8) is 0 Å². The van der Waals surface area contributed by atoms with Gasteiger partial charge in [-0.3, -0.25) is 15.1 Å². The molecule has 0 fully saturated rings. The lowest BCUT2D eigenvalue weighted by atomic mass is 10.3. The Morgan fingerprint density at radius 3 is 2.65 bits per heavy atom. The number of nitro benzene ring substituents is 1. The van der Waals surface area contributed by atoms with Crippen LogP contribution in [0.15, 0.2) is 47.5 Å². The van der Waals surface area contributed by atoms with E-state index in [9.17, 15) is 18.5 Å². The molecule has 0 aliphatic rings. The summed E-state index contributed by atoms with van der Waals surface area (Å²) in [5.74, 6) is 0. The number of halogens is 1. The summed E-state index contributed by atoms with van der Waals surface area (Å²) in [4.78, 5) is 14.0. The van der Waals surface area contributed by atoms with E-state index < -0.39 is 25.5 Å². The zero-order valence-electron chi connectivity index (χ0n) is 12.2. The SMILES string of the molecule is CN(CCc1ccccn1)S(=O)(=O)c1cc(Cl)ccc1[N+](=O)[O-]. The van der Waals surface area contributed by atoms with E-state index in [1.165, 1.54) is 13.1 Å². The highest BCUT2D eigenvalue weighted by Crippen LogP contribution is 2.29. The molecular formula is C14H14ClN3O4S. The lowest BCUT2D eigenvalue weighted by Gasteiger charge is -2.17.